The van der Waals surface area contributed by atoms with Gasteiger partial charge in [0.15, 0.2) is 0 Å². The molecule has 12 heteroatoms. The highest BCUT2D eigenvalue weighted by Crippen LogP contribution is 2.37. The number of hydrogen-bond donors (Lipinski definition) is 2. The zero-order valence-corrected chi connectivity index (χ0v) is 31.8. The quantitative estimate of drug-likeness (QED) is 0.182. The lowest BCUT2D eigenvalue weighted by molar-refractivity contribution is -0.133. The Kier molecular flexibility index (Phi) is 11.1. The van der Waals surface area contributed by atoms with Gasteiger partial charge in [-0.25, -0.2) is 4.39 Å². The van der Waals surface area contributed by atoms with Gasteiger partial charge in [0.25, 0.3) is 5.56 Å². The molecule has 10 nitrogen and oxygen atoms in total. The summed E-state index contributed by atoms with van der Waals surface area (Å²) in [5, 5.41) is 7.49. The molecule has 4 heterocycles. The van der Waals surface area contributed by atoms with Crippen molar-refractivity contribution in [3.63, 3.8) is 0 Å². The second-order valence-electron chi connectivity index (χ2n) is 15.1. The monoisotopic (exact) mass is 755 g/mol. The molecule has 3 saturated heterocycles. The summed E-state index contributed by atoms with van der Waals surface area (Å²) in [5.41, 5.74) is 4.55. The molecule has 2 N–H and O–H groups in total. The number of hydrogen-bond acceptors (Lipinski definition) is 8. The van der Waals surface area contributed by atoms with Gasteiger partial charge in [0.2, 0.25) is 11.8 Å². The van der Waals surface area contributed by atoms with Gasteiger partial charge in [-0.3, -0.25) is 29.4 Å². The van der Waals surface area contributed by atoms with Crippen molar-refractivity contribution in [2.45, 2.75) is 57.9 Å². The summed E-state index contributed by atoms with van der Waals surface area (Å²) in [6, 6.07) is 14.3. The van der Waals surface area contributed by atoms with Crippen LogP contribution >= 0.6 is 11.6 Å². The Bertz CT molecular complexity index is 2160. The number of carbonyl (C=O) groups excluding carboxylic acids is 3. The van der Waals surface area contributed by atoms with Gasteiger partial charge in [0, 0.05) is 60.9 Å². The Labute approximate surface area is 319 Å². The topological polar surface area (TPSA) is 113 Å². The number of aryl methyl sites for hydroxylation is 2. The predicted octanol–water partition coefficient (Wildman–Crippen LogP) is 6.27. The van der Waals surface area contributed by atoms with Gasteiger partial charge >= 0.3 is 0 Å². The first-order chi connectivity index (χ1) is 26.0. The van der Waals surface area contributed by atoms with Gasteiger partial charge in [0.05, 0.1) is 24.4 Å². The number of benzene rings is 3. The number of ketones is 1. The number of piperidine rings is 3. The number of imide groups is 1. The van der Waals surface area contributed by atoms with Crippen LogP contribution in [0.3, 0.4) is 0 Å². The number of pyridine rings is 1. The van der Waals surface area contributed by atoms with Crippen LogP contribution in [0.1, 0.15) is 49.7 Å². The molecule has 3 aromatic carbocycles. The van der Waals surface area contributed by atoms with E-state index < -0.39 is 6.04 Å². The van der Waals surface area contributed by atoms with Crippen LogP contribution in [0.25, 0.3) is 21.9 Å². The molecule has 1 unspecified atom stereocenters. The maximum absolute atomic E-state index is 15.9. The number of methoxy groups -OCH3 is 1. The molecule has 4 aromatic rings. The molecule has 0 spiro atoms. The van der Waals surface area contributed by atoms with Crippen molar-refractivity contribution >= 4 is 51.3 Å². The third-order valence-electron chi connectivity index (χ3n) is 11.4. The first kappa shape index (κ1) is 37.6. The van der Waals surface area contributed by atoms with E-state index in [9.17, 15) is 19.2 Å². The summed E-state index contributed by atoms with van der Waals surface area (Å²) in [5.74, 6) is 0.142. The summed E-state index contributed by atoms with van der Waals surface area (Å²) in [4.78, 5) is 54.3. The third-order valence-corrected chi connectivity index (χ3v) is 11.7. The number of nitrogens with one attached hydrogen (secondary N) is 2. The number of aromatic nitrogens is 1. The summed E-state index contributed by atoms with van der Waals surface area (Å²) in [6.07, 6.45) is 6.30. The molecule has 3 fully saturated rings. The molecule has 0 aliphatic carbocycles. The molecule has 0 saturated carbocycles. The zero-order valence-electron chi connectivity index (χ0n) is 31.1. The van der Waals surface area contributed by atoms with E-state index in [0.717, 1.165) is 79.8 Å². The van der Waals surface area contributed by atoms with Gasteiger partial charge in [-0.1, -0.05) is 29.3 Å². The van der Waals surface area contributed by atoms with Crippen LogP contribution in [0.15, 0.2) is 59.5 Å². The van der Waals surface area contributed by atoms with E-state index in [-0.39, 0.29) is 40.8 Å². The minimum atomic E-state index is -0.479. The molecule has 1 aromatic heterocycles. The van der Waals surface area contributed by atoms with E-state index in [1.807, 2.05) is 43.3 Å². The largest absolute Gasteiger partial charge is 0.496 e. The second-order valence-corrected chi connectivity index (χ2v) is 15.5. The van der Waals surface area contributed by atoms with Crippen LogP contribution in [-0.2, 0) is 27.9 Å². The van der Waals surface area contributed by atoms with Crippen molar-refractivity contribution in [1.29, 1.82) is 0 Å². The van der Waals surface area contributed by atoms with E-state index in [0.29, 0.717) is 53.1 Å². The van der Waals surface area contributed by atoms with Crippen molar-refractivity contribution in [1.82, 2.24) is 14.8 Å². The average molecular weight is 756 g/mol. The average Bonchev–Trinajstić information content (AvgIpc) is 3.15. The van der Waals surface area contributed by atoms with Gasteiger partial charge in [0.1, 0.15) is 23.4 Å². The molecule has 0 bridgehead atoms. The number of rotatable bonds is 10. The number of Topliss-reactive ketones (excluding diaryl/α,β-unsaturated/α-hetero) is 1. The SMILES string of the molecule is COc1cc(-c2cn(C)c(=O)c3ccc(C)cc23)cc(F)c1CC1CCN(CC(=O)C2CCN(c3ccc(NC4CCC(=O)NC4=O)cc3Cl)CC2)CC1. The molecular weight excluding hydrogens is 709 g/mol. The third kappa shape index (κ3) is 8.03. The van der Waals surface area contributed by atoms with Gasteiger partial charge in [-0.2, -0.15) is 0 Å². The maximum atomic E-state index is 15.9. The maximum Gasteiger partial charge on any atom is 0.258 e. The minimum absolute atomic E-state index is 0.00356. The number of halogens is 2. The highest BCUT2D eigenvalue weighted by Gasteiger charge is 2.30. The van der Waals surface area contributed by atoms with Crippen LogP contribution in [0.2, 0.25) is 5.02 Å². The fourth-order valence-electron chi connectivity index (χ4n) is 8.27. The van der Waals surface area contributed by atoms with Gasteiger partial charge in [-0.05, 0) is 112 Å². The number of nitrogens with zero attached hydrogens (tertiary/aromatic N) is 3. The molecule has 7 rings (SSSR count). The molecule has 54 heavy (non-hydrogen) atoms. The summed E-state index contributed by atoms with van der Waals surface area (Å²) < 4.78 is 23.2. The minimum Gasteiger partial charge on any atom is -0.496 e. The Morgan fingerprint density at radius 1 is 0.963 bits per heavy atom. The number of amides is 2. The Balaban J connectivity index is 0.910. The number of ether oxygens (including phenoxy) is 1. The molecule has 3 aliphatic rings. The predicted molar refractivity (Wildman–Crippen MR) is 210 cm³/mol. The van der Waals surface area contributed by atoms with E-state index in [4.69, 9.17) is 16.3 Å². The molecule has 284 valence electrons. The summed E-state index contributed by atoms with van der Waals surface area (Å²) in [6.45, 7) is 5.43. The van der Waals surface area contributed by atoms with Crippen molar-refractivity contribution < 1.29 is 23.5 Å². The van der Waals surface area contributed by atoms with E-state index in [2.05, 4.69) is 20.4 Å². The van der Waals surface area contributed by atoms with Crippen LogP contribution < -0.4 is 25.8 Å². The Hall–Kier alpha value is -4.74. The molecular formula is C42H47ClFN5O5. The van der Waals surface area contributed by atoms with E-state index in [1.54, 1.807) is 32.5 Å². The van der Waals surface area contributed by atoms with Gasteiger partial charge < -0.3 is 19.5 Å². The fourth-order valence-corrected chi connectivity index (χ4v) is 8.57. The lowest BCUT2D eigenvalue weighted by atomic mass is 9.87. The lowest BCUT2D eigenvalue weighted by Gasteiger charge is -2.36. The normalized spacial score (nSPS) is 18.9. The molecule has 3 aliphatic heterocycles. The highest BCUT2D eigenvalue weighted by molar-refractivity contribution is 6.33. The lowest BCUT2D eigenvalue weighted by Crippen LogP contribution is -2.47. The van der Waals surface area contributed by atoms with Crippen LogP contribution in [0.5, 0.6) is 5.75 Å². The molecule has 1 atom stereocenters. The number of likely N-dealkylation sites (tertiary alicyclic amines) is 1. The number of fused-ring (bicyclic) bond motifs is 1. The van der Waals surface area contributed by atoms with E-state index >= 15 is 4.39 Å². The van der Waals surface area contributed by atoms with Crippen LogP contribution in [0.4, 0.5) is 15.8 Å². The number of anilines is 2. The summed E-state index contributed by atoms with van der Waals surface area (Å²) in [7, 11) is 3.28. The highest BCUT2D eigenvalue weighted by atomic mass is 35.5. The van der Waals surface area contributed by atoms with Crippen molar-refractivity contribution in [3.05, 3.63) is 87.0 Å². The second kappa shape index (κ2) is 15.9. The Morgan fingerprint density at radius 3 is 2.43 bits per heavy atom. The van der Waals surface area contributed by atoms with Gasteiger partial charge in [-0.15, -0.1) is 0 Å². The van der Waals surface area contributed by atoms with Crippen molar-refractivity contribution in [2.24, 2.45) is 18.9 Å². The first-order valence-electron chi connectivity index (χ1n) is 18.8. The number of carbonyl (C=O) groups is 3. The van der Waals surface area contributed by atoms with E-state index in [1.165, 1.54) is 4.57 Å². The van der Waals surface area contributed by atoms with Crippen molar-refractivity contribution in [3.8, 4) is 16.9 Å². The van der Waals surface area contributed by atoms with Crippen LogP contribution in [-0.4, -0.2) is 72.9 Å². The smallest absolute Gasteiger partial charge is 0.258 e. The van der Waals surface area contributed by atoms with Crippen molar-refractivity contribution in [2.75, 3.05) is 50.1 Å². The standard InChI is InChI=1S/C42H47ClFN5O5/c1-25-4-6-30-31(18-25)33(23-47(2)42(30)53)28-20-35(44)32(39(21-28)54-3)19-26-10-14-48(15-11-26)24-38(50)27-12-16-49(17-13-27)37-8-5-29(22-34(37)43)45-36-7-9-40(51)46-41(36)52/h4-6,8,18,20-23,26-27,36,45H,7,9-17,19,24H2,1-3H3,(H,46,51,52). The van der Waals surface area contributed by atoms with Crippen LogP contribution in [0, 0.1) is 24.6 Å². The summed E-state index contributed by atoms with van der Waals surface area (Å²) >= 11 is 6.67. The Morgan fingerprint density at radius 2 is 1.72 bits per heavy atom. The molecule has 2 amide bonds. The molecule has 0 radical (unpaired) electrons. The first-order valence-corrected chi connectivity index (χ1v) is 19.2. The zero-order chi connectivity index (χ0) is 38.1. The fraction of sp³-hybridized carbons (Fsp3) is 0.429.